The number of carbonyl (C=O) groups excluding carboxylic acids is 1. The number of nitrogens with zero attached hydrogens (tertiary/aromatic N) is 5. The fourth-order valence-electron chi connectivity index (χ4n) is 3.66. The van der Waals surface area contributed by atoms with Gasteiger partial charge in [-0.2, -0.15) is 5.10 Å². The van der Waals surface area contributed by atoms with Gasteiger partial charge in [-0.05, 0) is 29.8 Å². The number of thioether (sulfide) groups is 1. The van der Waals surface area contributed by atoms with Crippen molar-refractivity contribution in [2.75, 3.05) is 27.1 Å². The maximum absolute atomic E-state index is 12.5. The average molecular weight is 564 g/mol. The summed E-state index contributed by atoms with van der Waals surface area (Å²) < 4.78 is 18.2. The molecule has 0 aliphatic rings. The first-order valence-electron chi connectivity index (χ1n) is 11.6. The number of rotatable bonds is 11. The number of nitrogens with one attached hydrogen (secondary N) is 1. The molecule has 206 valence electrons. The number of non-ortho nitro benzene ring substituents is 1. The van der Waals surface area contributed by atoms with Crippen molar-refractivity contribution in [3.8, 4) is 40.1 Å². The first-order chi connectivity index (χ1) is 19.4. The summed E-state index contributed by atoms with van der Waals surface area (Å²) in [5, 5.41) is 35.7. The molecular weight excluding hydrogens is 540 g/mol. The standard InChI is InChI=1S/C26H24N6O7S/c1-37-21-12-16(13-22(38-2)24(21)39-3)25-29-30-26(31(25)18-7-5-4-6-8-18)40-15-23(34)28-27-14-17-11-19(32(35)36)9-10-20(17)33/h4-14,33H,15H2,1-3H3,(H,28,34)/p-1/b27-14-. The number of hydrogen-bond acceptors (Lipinski definition) is 11. The molecule has 1 N–H and O–H groups in total. The lowest BCUT2D eigenvalue weighted by Crippen LogP contribution is -2.20. The molecule has 0 spiro atoms. The van der Waals surface area contributed by atoms with Gasteiger partial charge in [0.15, 0.2) is 22.5 Å². The number of hydrogen-bond donors (Lipinski definition) is 1. The van der Waals surface area contributed by atoms with E-state index in [0.29, 0.717) is 33.8 Å². The summed E-state index contributed by atoms with van der Waals surface area (Å²) in [6.45, 7) is 0. The Morgan fingerprint density at radius 1 is 1.05 bits per heavy atom. The molecule has 0 aliphatic heterocycles. The Labute approximate surface area is 232 Å². The molecule has 0 radical (unpaired) electrons. The van der Waals surface area contributed by atoms with E-state index in [-0.39, 0.29) is 17.0 Å². The Bertz CT molecular complexity index is 1530. The van der Waals surface area contributed by atoms with Crippen molar-refractivity contribution in [2.45, 2.75) is 5.16 Å². The lowest BCUT2D eigenvalue weighted by atomic mass is 10.1. The van der Waals surface area contributed by atoms with Crippen molar-refractivity contribution in [2.24, 2.45) is 5.10 Å². The van der Waals surface area contributed by atoms with E-state index >= 15 is 0 Å². The molecule has 3 aromatic carbocycles. The van der Waals surface area contributed by atoms with Crippen molar-refractivity contribution >= 4 is 29.6 Å². The van der Waals surface area contributed by atoms with Crippen LogP contribution >= 0.6 is 11.8 Å². The highest BCUT2D eigenvalue weighted by molar-refractivity contribution is 7.99. The molecule has 4 aromatic rings. The highest BCUT2D eigenvalue weighted by Gasteiger charge is 2.21. The van der Waals surface area contributed by atoms with Crippen LogP contribution in [0.5, 0.6) is 23.0 Å². The Kier molecular flexibility index (Phi) is 8.81. The van der Waals surface area contributed by atoms with E-state index in [1.165, 1.54) is 21.3 Å². The second kappa shape index (κ2) is 12.6. The van der Waals surface area contributed by atoms with Crippen LogP contribution in [-0.2, 0) is 4.79 Å². The summed E-state index contributed by atoms with van der Waals surface area (Å²) in [6, 6.07) is 16.1. The minimum atomic E-state index is -0.624. The minimum Gasteiger partial charge on any atom is -0.872 e. The van der Waals surface area contributed by atoms with Crippen LogP contribution in [0.25, 0.3) is 17.1 Å². The van der Waals surface area contributed by atoms with Crippen molar-refractivity contribution in [1.29, 1.82) is 0 Å². The number of benzene rings is 3. The third-order valence-electron chi connectivity index (χ3n) is 5.50. The van der Waals surface area contributed by atoms with E-state index in [1.54, 1.807) is 16.7 Å². The highest BCUT2D eigenvalue weighted by atomic mass is 32.2. The van der Waals surface area contributed by atoms with E-state index in [2.05, 4.69) is 20.7 Å². The van der Waals surface area contributed by atoms with Crippen LogP contribution < -0.4 is 24.7 Å². The van der Waals surface area contributed by atoms with Crippen molar-refractivity contribution in [3.63, 3.8) is 0 Å². The molecule has 0 unspecified atom stereocenters. The van der Waals surface area contributed by atoms with Crippen LogP contribution in [0.4, 0.5) is 5.69 Å². The van der Waals surface area contributed by atoms with Crippen molar-refractivity contribution < 1.29 is 29.0 Å². The van der Waals surface area contributed by atoms with Crippen molar-refractivity contribution in [3.05, 3.63) is 76.3 Å². The van der Waals surface area contributed by atoms with Crippen LogP contribution in [0.15, 0.2) is 70.9 Å². The second-order valence-electron chi connectivity index (χ2n) is 7.95. The average Bonchev–Trinajstić information content (AvgIpc) is 3.40. The number of methoxy groups -OCH3 is 3. The summed E-state index contributed by atoms with van der Waals surface area (Å²) in [5.74, 6) is 0.744. The van der Waals surface area contributed by atoms with E-state index in [9.17, 15) is 20.0 Å². The van der Waals surface area contributed by atoms with Gasteiger partial charge in [-0.15, -0.1) is 10.2 Å². The van der Waals surface area contributed by atoms with Gasteiger partial charge in [-0.25, -0.2) is 5.43 Å². The third kappa shape index (κ3) is 6.13. The maximum Gasteiger partial charge on any atom is 0.270 e. The lowest BCUT2D eigenvalue weighted by Gasteiger charge is -2.15. The van der Waals surface area contributed by atoms with Gasteiger partial charge >= 0.3 is 0 Å². The number of aromatic nitrogens is 3. The number of hydrazone groups is 1. The zero-order chi connectivity index (χ0) is 28.6. The Morgan fingerprint density at radius 3 is 2.38 bits per heavy atom. The molecule has 0 aliphatic carbocycles. The SMILES string of the molecule is COc1cc(-c2nnc(SCC(=O)N/N=C\c3cc([N+](=O)[O-])ccc3[O-])n2-c2ccccc2)cc(OC)c1OC. The van der Waals surface area contributed by atoms with E-state index < -0.39 is 16.6 Å². The predicted octanol–water partition coefficient (Wildman–Crippen LogP) is 3.18. The van der Waals surface area contributed by atoms with E-state index in [4.69, 9.17) is 14.2 Å². The summed E-state index contributed by atoms with van der Waals surface area (Å²) in [4.78, 5) is 22.8. The topological polar surface area (TPSA) is 166 Å². The Balaban J connectivity index is 1.57. The highest BCUT2D eigenvalue weighted by Crippen LogP contribution is 2.41. The molecule has 0 bridgehead atoms. The molecule has 14 heteroatoms. The van der Waals surface area contributed by atoms with Gasteiger partial charge in [-0.1, -0.05) is 41.8 Å². The molecule has 1 heterocycles. The fraction of sp³-hybridized carbons (Fsp3) is 0.154. The Hall–Kier alpha value is -5.11. The van der Waals surface area contributed by atoms with Crippen LogP contribution in [0.3, 0.4) is 0 Å². The van der Waals surface area contributed by atoms with Gasteiger partial charge in [0, 0.05) is 23.4 Å². The predicted molar refractivity (Wildman–Crippen MR) is 145 cm³/mol. The number of para-hydroxylation sites is 1. The van der Waals surface area contributed by atoms with E-state index in [0.717, 1.165) is 41.9 Å². The van der Waals surface area contributed by atoms with Gasteiger partial charge in [0.25, 0.3) is 11.6 Å². The number of nitro benzene ring substituents is 1. The quantitative estimate of drug-likeness (QED) is 0.124. The van der Waals surface area contributed by atoms with Crippen LogP contribution in [0, 0.1) is 10.1 Å². The molecule has 1 amide bonds. The zero-order valence-electron chi connectivity index (χ0n) is 21.6. The smallest absolute Gasteiger partial charge is 0.270 e. The fourth-order valence-corrected chi connectivity index (χ4v) is 4.40. The maximum atomic E-state index is 12.5. The van der Waals surface area contributed by atoms with Crippen molar-refractivity contribution in [1.82, 2.24) is 20.2 Å². The monoisotopic (exact) mass is 563 g/mol. The van der Waals surface area contributed by atoms with Gasteiger partial charge in [0.1, 0.15) is 0 Å². The minimum absolute atomic E-state index is 0.0269. The number of ether oxygens (including phenoxy) is 3. The summed E-state index contributed by atoms with van der Waals surface area (Å²) in [6.07, 6.45) is 1.06. The van der Waals surface area contributed by atoms with Gasteiger partial charge < -0.3 is 19.3 Å². The number of amides is 1. The van der Waals surface area contributed by atoms with E-state index in [1.807, 2.05) is 30.3 Å². The second-order valence-corrected chi connectivity index (χ2v) is 8.89. The summed E-state index contributed by atoms with van der Waals surface area (Å²) >= 11 is 1.11. The summed E-state index contributed by atoms with van der Waals surface area (Å²) in [7, 11) is 4.55. The number of carbonyl (C=O) groups is 1. The van der Waals surface area contributed by atoms with Crippen LogP contribution in [0.2, 0.25) is 0 Å². The number of nitro groups is 1. The third-order valence-corrected chi connectivity index (χ3v) is 6.43. The van der Waals surface area contributed by atoms with Crippen LogP contribution in [0.1, 0.15) is 5.56 Å². The molecule has 13 nitrogen and oxygen atoms in total. The molecular formula is C26H23N6O7S-. The van der Waals surface area contributed by atoms with Gasteiger partial charge in [-0.3, -0.25) is 19.5 Å². The molecule has 40 heavy (non-hydrogen) atoms. The largest absolute Gasteiger partial charge is 0.872 e. The van der Waals surface area contributed by atoms with Gasteiger partial charge in [0.2, 0.25) is 5.75 Å². The molecule has 1 aromatic heterocycles. The molecule has 4 rings (SSSR count). The zero-order valence-corrected chi connectivity index (χ0v) is 22.4. The lowest BCUT2D eigenvalue weighted by molar-refractivity contribution is -0.385. The first-order valence-corrected chi connectivity index (χ1v) is 12.6. The Morgan fingerprint density at radius 2 is 1.75 bits per heavy atom. The molecule has 0 fully saturated rings. The summed E-state index contributed by atoms with van der Waals surface area (Å²) in [5.41, 5.74) is 3.42. The first kappa shape index (κ1) is 27.9. The molecule has 0 saturated carbocycles. The molecule has 0 atom stereocenters. The normalized spacial score (nSPS) is 10.9. The molecule has 0 saturated heterocycles. The van der Waals surface area contributed by atoms with Gasteiger partial charge in [0.05, 0.1) is 38.2 Å². The van der Waals surface area contributed by atoms with Crippen LogP contribution in [-0.4, -0.2) is 58.9 Å².